The predicted octanol–water partition coefficient (Wildman–Crippen LogP) is 7.91. The summed E-state index contributed by atoms with van der Waals surface area (Å²) in [6, 6.07) is 8.45. The molecule has 0 bridgehead atoms. The molecule has 0 saturated heterocycles. The van der Waals surface area contributed by atoms with Crippen LogP contribution in [0.2, 0.25) is 0 Å². The van der Waals surface area contributed by atoms with Gasteiger partial charge in [0.25, 0.3) is 0 Å². The zero-order valence-electron chi connectivity index (χ0n) is 29.8. The first-order chi connectivity index (χ1) is 21.9. The second kappa shape index (κ2) is 15.5. The van der Waals surface area contributed by atoms with E-state index in [1.165, 1.54) is 31.9 Å². The average Bonchev–Trinajstić information content (AvgIpc) is 3.00. The van der Waals surface area contributed by atoms with E-state index in [0.717, 1.165) is 19.3 Å². The number of fused-ring (bicyclic) bond motifs is 3. The molecule has 1 aromatic rings. The van der Waals surface area contributed by atoms with Crippen molar-refractivity contribution >= 4 is 55.1 Å². The molecular weight excluding hydrogens is 826 g/mol. The summed E-state index contributed by atoms with van der Waals surface area (Å²) in [4.78, 5) is 37.6. The van der Waals surface area contributed by atoms with Crippen molar-refractivity contribution in [2.45, 2.75) is 144 Å². The van der Waals surface area contributed by atoms with Gasteiger partial charge in [-0.15, -0.1) is 0 Å². The number of aryl methyl sites for hydroxylation is 1. The Morgan fingerprint density at radius 1 is 0.936 bits per heavy atom. The van der Waals surface area contributed by atoms with Gasteiger partial charge in [0.15, 0.2) is 6.10 Å². The average molecular weight is 883 g/mol. The highest BCUT2D eigenvalue weighted by molar-refractivity contribution is 15.0. The third kappa shape index (κ3) is 7.27. The molecule has 0 aromatic heterocycles. The molecule has 1 aromatic carbocycles. The lowest BCUT2D eigenvalue weighted by Gasteiger charge is -2.70. The summed E-state index contributed by atoms with van der Waals surface area (Å²) < 4.78 is 17.8. The summed E-state index contributed by atoms with van der Waals surface area (Å²) in [5.41, 5.74) is -1.11. The van der Waals surface area contributed by atoms with Crippen LogP contribution in [0, 0.1) is 34.0 Å². The first-order valence-electron chi connectivity index (χ1n) is 17.0. The highest BCUT2D eigenvalue weighted by Crippen LogP contribution is 2.70. The molecule has 3 aliphatic carbocycles. The second-order valence-corrected chi connectivity index (χ2v) is 15.3. The normalized spacial score (nSPS) is 39.1. The molecule has 266 valence electrons. The van der Waals surface area contributed by atoms with Crippen LogP contribution in [0.5, 0.6) is 0 Å². The largest absolute Gasteiger partial charge is 0.462 e. The molecule has 0 heterocycles. The Kier molecular flexibility index (Phi) is 13.3. The van der Waals surface area contributed by atoms with E-state index in [0.29, 0.717) is 19.3 Å². The molecule has 12 unspecified atom stereocenters. The molecule has 2 N–H and O–H groups in total. The Hall–Kier alpha value is -0.990. The molecule has 0 amide bonds. The van der Waals surface area contributed by atoms with Crippen LogP contribution in [-0.4, -0.2) is 58.1 Å². The van der Waals surface area contributed by atoms with Crippen LogP contribution >= 0.6 is 37.2 Å². The Bertz CT molecular complexity index is 1290. The highest BCUT2D eigenvalue weighted by atomic mass is 128. The van der Waals surface area contributed by atoms with Crippen molar-refractivity contribution in [3.63, 3.8) is 0 Å². The molecular formula is C37H56I2O8. The minimum atomic E-state index is -1.28. The van der Waals surface area contributed by atoms with Crippen molar-refractivity contribution in [2.24, 2.45) is 34.0 Å². The number of carbonyl (C=O) groups excluding carboxylic acids is 3. The van der Waals surface area contributed by atoms with Gasteiger partial charge in [-0.25, -0.2) is 0 Å². The van der Waals surface area contributed by atoms with Crippen LogP contribution in [0.1, 0.15) is 118 Å². The summed E-state index contributed by atoms with van der Waals surface area (Å²) in [6.45, 7) is 18.1. The van der Waals surface area contributed by atoms with Gasteiger partial charge >= 0.3 is 17.9 Å². The second-order valence-electron chi connectivity index (χ2n) is 15.3. The van der Waals surface area contributed by atoms with Crippen molar-refractivity contribution in [1.29, 1.82) is 0 Å². The predicted molar refractivity (Wildman–Crippen MR) is 199 cm³/mol. The number of halogens is 2. The highest BCUT2D eigenvalue weighted by Gasteiger charge is 2.74. The topological polar surface area (TPSA) is 119 Å². The summed E-state index contributed by atoms with van der Waals surface area (Å²) in [6.07, 6.45) is 0.332. The SMILES string of the molecule is CCc1ccccc1C(C)CC1(O)C(C)CCC2(C)C3C(OC(C)=O)C(OC(C)=O)C(C)(C(C)OC(C)=O)C(O)C3(C)CCC21.II. The first kappa shape index (κ1) is 40.4. The minimum absolute atomic E-state index is 0.0374. The first-order valence-corrected chi connectivity index (χ1v) is 23.3. The van der Waals surface area contributed by atoms with Gasteiger partial charge in [0, 0.05) is 69.3 Å². The molecule has 8 nitrogen and oxygen atoms in total. The van der Waals surface area contributed by atoms with Gasteiger partial charge < -0.3 is 24.4 Å². The standard InChI is InChI=1S/C37H56O8.I2/c1-11-27-14-12-13-15-28(27)21(2)20-37(42)22(3)16-18-34(8)29(37)17-19-35(9)31(34)30(44-25(6)39)32(45-26(7)40)36(10,33(35)41)23(4)43-24(5)38;1-2/h12-15,21-23,29-33,41-42H,11,16-20H2,1-10H3;. The zero-order valence-corrected chi connectivity index (χ0v) is 34.1. The maximum Gasteiger partial charge on any atom is 0.303 e. The minimum Gasteiger partial charge on any atom is -0.462 e. The van der Waals surface area contributed by atoms with Crippen LogP contribution < -0.4 is 0 Å². The molecule has 12 atom stereocenters. The fraction of sp³-hybridized carbons (Fsp3) is 0.757. The fourth-order valence-corrected chi connectivity index (χ4v) is 10.4. The summed E-state index contributed by atoms with van der Waals surface area (Å²) in [7, 11) is 0. The number of ether oxygens (including phenoxy) is 3. The Morgan fingerprint density at radius 2 is 1.51 bits per heavy atom. The number of aliphatic hydroxyl groups is 2. The molecule has 3 fully saturated rings. The monoisotopic (exact) mass is 882 g/mol. The molecule has 0 aliphatic heterocycles. The van der Waals surface area contributed by atoms with Crippen LogP contribution in [0.15, 0.2) is 24.3 Å². The number of hydrogen-bond donors (Lipinski definition) is 2. The maximum atomic E-state index is 12.9. The number of aliphatic hydroxyl groups excluding tert-OH is 1. The Labute approximate surface area is 305 Å². The molecule has 3 saturated carbocycles. The lowest BCUT2D eigenvalue weighted by Crippen LogP contribution is -2.76. The zero-order chi connectivity index (χ0) is 35.7. The van der Waals surface area contributed by atoms with Crippen LogP contribution in [-0.2, 0) is 35.0 Å². The van der Waals surface area contributed by atoms with Crippen molar-refractivity contribution < 1.29 is 38.8 Å². The van der Waals surface area contributed by atoms with Gasteiger partial charge in [-0.3, -0.25) is 14.4 Å². The summed E-state index contributed by atoms with van der Waals surface area (Å²) in [5.74, 6) is -2.06. The summed E-state index contributed by atoms with van der Waals surface area (Å²) in [5, 5.41) is 25.3. The van der Waals surface area contributed by atoms with Crippen LogP contribution in [0.3, 0.4) is 0 Å². The molecule has 10 heteroatoms. The quantitative estimate of drug-likeness (QED) is 0.154. The van der Waals surface area contributed by atoms with E-state index in [1.807, 2.05) is 6.92 Å². The number of esters is 3. The number of rotatable bonds is 8. The molecule has 3 aliphatic rings. The lowest BCUT2D eigenvalue weighted by atomic mass is 9.37. The number of benzene rings is 1. The van der Waals surface area contributed by atoms with Gasteiger partial charge in [0.2, 0.25) is 0 Å². The van der Waals surface area contributed by atoms with Crippen LogP contribution in [0.4, 0.5) is 0 Å². The Balaban J connectivity index is 0.00000294. The Morgan fingerprint density at radius 3 is 2.06 bits per heavy atom. The van der Waals surface area contributed by atoms with E-state index in [-0.39, 0.29) is 17.8 Å². The number of carbonyl (C=O) groups is 3. The van der Waals surface area contributed by atoms with Crippen molar-refractivity contribution in [1.82, 2.24) is 0 Å². The van der Waals surface area contributed by atoms with Gasteiger partial charge in [0.05, 0.1) is 17.1 Å². The van der Waals surface area contributed by atoms with Crippen molar-refractivity contribution in [3.05, 3.63) is 35.4 Å². The van der Waals surface area contributed by atoms with E-state index in [1.54, 1.807) is 13.8 Å². The van der Waals surface area contributed by atoms with E-state index in [9.17, 15) is 24.6 Å². The van der Waals surface area contributed by atoms with Gasteiger partial charge in [-0.05, 0) is 86.7 Å². The third-order valence-corrected chi connectivity index (χ3v) is 12.6. The van der Waals surface area contributed by atoms with Crippen LogP contribution in [0.25, 0.3) is 0 Å². The van der Waals surface area contributed by atoms with E-state index < -0.39 is 70.1 Å². The van der Waals surface area contributed by atoms with Gasteiger partial charge in [-0.1, -0.05) is 58.9 Å². The van der Waals surface area contributed by atoms with E-state index in [2.05, 4.69) is 89.2 Å². The molecule has 4 rings (SSSR count). The smallest absolute Gasteiger partial charge is 0.303 e. The van der Waals surface area contributed by atoms with Crippen molar-refractivity contribution in [3.8, 4) is 0 Å². The molecule has 47 heavy (non-hydrogen) atoms. The van der Waals surface area contributed by atoms with Gasteiger partial charge in [-0.2, -0.15) is 0 Å². The number of hydrogen-bond acceptors (Lipinski definition) is 8. The summed E-state index contributed by atoms with van der Waals surface area (Å²) >= 11 is 4.24. The fourth-order valence-electron chi connectivity index (χ4n) is 10.4. The van der Waals surface area contributed by atoms with Crippen molar-refractivity contribution in [2.75, 3.05) is 0 Å². The lowest BCUT2D eigenvalue weighted by molar-refractivity contribution is -0.315. The maximum absolute atomic E-state index is 12.9. The third-order valence-electron chi connectivity index (χ3n) is 12.6. The molecule has 0 spiro atoms. The molecule has 0 radical (unpaired) electrons. The van der Waals surface area contributed by atoms with E-state index in [4.69, 9.17) is 14.2 Å². The van der Waals surface area contributed by atoms with E-state index >= 15 is 0 Å². The van der Waals surface area contributed by atoms with Gasteiger partial charge in [0.1, 0.15) is 12.2 Å².